The second-order valence-electron chi connectivity index (χ2n) is 6.72. The summed E-state index contributed by atoms with van der Waals surface area (Å²) in [5.74, 6) is 1.11. The number of nitrogen functional groups attached to an aromatic ring is 1. The largest absolute Gasteiger partial charge is 0.393 e. The van der Waals surface area contributed by atoms with Crippen LogP contribution in [0.4, 0.5) is 21.6 Å². The van der Waals surface area contributed by atoms with E-state index in [1.54, 1.807) is 4.68 Å². The van der Waals surface area contributed by atoms with Crippen molar-refractivity contribution in [3.8, 4) is 5.82 Å². The van der Waals surface area contributed by atoms with Crippen LogP contribution in [0.2, 0.25) is 0 Å². The van der Waals surface area contributed by atoms with Gasteiger partial charge in [-0.1, -0.05) is 0 Å². The van der Waals surface area contributed by atoms with Crippen molar-refractivity contribution < 1.29 is 4.39 Å². The zero-order valence-electron chi connectivity index (χ0n) is 15.4. The molecule has 4 rings (SSSR count). The third-order valence-electron chi connectivity index (χ3n) is 4.82. The molecule has 0 amide bonds. The molecule has 2 N–H and O–H groups in total. The Bertz CT molecular complexity index is 943. The minimum absolute atomic E-state index is 0.220. The number of anilines is 3. The smallest absolute Gasteiger partial charge is 0.182 e. The minimum Gasteiger partial charge on any atom is -0.393 e. The monoisotopic (exact) mass is 367 g/mol. The van der Waals surface area contributed by atoms with E-state index in [1.165, 1.54) is 18.5 Å². The van der Waals surface area contributed by atoms with Gasteiger partial charge in [0, 0.05) is 37.6 Å². The maximum Gasteiger partial charge on any atom is 0.182 e. The van der Waals surface area contributed by atoms with Gasteiger partial charge in [0.25, 0.3) is 0 Å². The van der Waals surface area contributed by atoms with Gasteiger partial charge in [0.05, 0.1) is 5.69 Å². The maximum atomic E-state index is 13.1. The topological polar surface area (TPSA) is 76.1 Å². The molecular weight excluding hydrogens is 345 g/mol. The Hall–Kier alpha value is -3.16. The molecule has 1 fully saturated rings. The van der Waals surface area contributed by atoms with Crippen molar-refractivity contribution in [2.45, 2.75) is 13.8 Å². The highest BCUT2D eigenvalue weighted by atomic mass is 19.1. The standard InChI is InChI=1S/C19H22FN7/c1-13-11-14(2)27(24-13)19-17(21)18(22-12-23-19)26-9-7-25(8-10-26)16-5-3-15(20)4-6-16/h3-6,11-12H,7-10,21H2,1-2H3. The van der Waals surface area contributed by atoms with Crippen molar-refractivity contribution in [3.05, 3.63) is 53.9 Å². The van der Waals surface area contributed by atoms with Crippen LogP contribution in [0.3, 0.4) is 0 Å². The second kappa shape index (κ2) is 6.86. The van der Waals surface area contributed by atoms with Gasteiger partial charge in [-0.15, -0.1) is 0 Å². The molecule has 3 heterocycles. The highest BCUT2D eigenvalue weighted by molar-refractivity contribution is 5.70. The molecule has 1 aliphatic heterocycles. The van der Waals surface area contributed by atoms with Crippen molar-refractivity contribution >= 4 is 17.2 Å². The number of rotatable bonds is 3. The van der Waals surface area contributed by atoms with Crippen LogP contribution < -0.4 is 15.5 Å². The molecule has 8 heteroatoms. The molecule has 140 valence electrons. The number of nitrogens with zero attached hydrogens (tertiary/aromatic N) is 6. The van der Waals surface area contributed by atoms with E-state index in [9.17, 15) is 4.39 Å². The molecule has 0 aliphatic carbocycles. The Balaban J connectivity index is 1.54. The SMILES string of the molecule is Cc1cc(C)n(-c2ncnc(N3CCN(c4ccc(F)cc4)CC3)c2N)n1. The third-order valence-corrected chi connectivity index (χ3v) is 4.82. The van der Waals surface area contributed by atoms with E-state index in [1.807, 2.05) is 32.0 Å². The molecule has 1 saturated heterocycles. The summed E-state index contributed by atoms with van der Waals surface area (Å²) in [5.41, 5.74) is 9.85. The molecule has 7 nitrogen and oxygen atoms in total. The Morgan fingerprint density at radius 2 is 1.56 bits per heavy atom. The zero-order valence-corrected chi connectivity index (χ0v) is 15.4. The number of nitrogens with two attached hydrogens (primary N) is 1. The van der Waals surface area contributed by atoms with Gasteiger partial charge in [-0.25, -0.2) is 19.0 Å². The average molecular weight is 367 g/mol. The summed E-state index contributed by atoms with van der Waals surface area (Å²) in [4.78, 5) is 13.1. The van der Waals surface area contributed by atoms with Crippen LogP contribution in [0.5, 0.6) is 0 Å². The lowest BCUT2D eigenvalue weighted by Gasteiger charge is -2.37. The quantitative estimate of drug-likeness (QED) is 0.766. The van der Waals surface area contributed by atoms with E-state index in [4.69, 9.17) is 5.73 Å². The van der Waals surface area contributed by atoms with E-state index < -0.39 is 0 Å². The number of hydrogen-bond acceptors (Lipinski definition) is 6. The van der Waals surface area contributed by atoms with E-state index in [0.29, 0.717) is 11.5 Å². The molecule has 0 atom stereocenters. The zero-order chi connectivity index (χ0) is 19.0. The first-order chi connectivity index (χ1) is 13.0. The summed E-state index contributed by atoms with van der Waals surface area (Å²) < 4.78 is 14.9. The normalized spacial score (nSPS) is 14.6. The molecule has 0 unspecified atom stereocenters. The maximum absolute atomic E-state index is 13.1. The summed E-state index contributed by atoms with van der Waals surface area (Å²) in [6.07, 6.45) is 1.53. The van der Waals surface area contributed by atoms with Crippen molar-refractivity contribution in [1.82, 2.24) is 19.7 Å². The van der Waals surface area contributed by atoms with Crippen LogP contribution >= 0.6 is 0 Å². The fourth-order valence-electron chi connectivity index (χ4n) is 3.47. The first-order valence-corrected chi connectivity index (χ1v) is 8.92. The molecule has 2 aromatic heterocycles. The number of hydrogen-bond donors (Lipinski definition) is 1. The van der Waals surface area contributed by atoms with Gasteiger partial charge in [-0.3, -0.25) is 0 Å². The van der Waals surface area contributed by atoms with Gasteiger partial charge in [0.1, 0.15) is 17.8 Å². The predicted molar refractivity (Wildman–Crippen MR) is 104 cm³/mol. The van der Waals surface area contributed by atoms with Crippen LogP contribution in [0.25, 0.3) is 5.82 Å². The van der Waals surface area contributed by atoms with Crippen LogP contribution in [-0.2, 0) is 0 Å². The number of benzene rings is 1. The molecule has 1 aliphatic rings. The summed E-state index contributed by atoms with van der Waals surface area (Å²) in [7, 11) is 0. The molecule has 0 spiro atoms. The first kappa shape index (κ1) is 17.3. The average Bonchev–Trinajstić information content (AvgIpc) is 3.01. The summed E-state index contributed by atoms with van der Waals surface area (Å²) in [5, 5.41) is 4.48. The lowest BCUT2D eigenvalue weighted by Crippen LogP contribution is -2.47. The minimum atomic E-state index is -0.220. The van der Waals surface area contributed by atoms with Gasteiger partial charge < -0.3 is 15.5 Å². The summed E-state index contributed by atoms with van der Waals surface area (Å²) in [6, 6.07) is 8.59. The number of aryl methyl sites for hydroxylation is 2. The number of aromatic nitrogens is 4. The van der Waals surface area contributed by atoms with Gasteiger partial charge in [-0.2, -0.15) is 5.10 Å². The molecular formula is C19H22FN7. The van der Waals surface area contributed by atoms with Crippen LogP contribution in [-0.4, -0.2) is 45.9 Å². The predicted octanol–water partition coefficient (Wildman–Crippen LogP) is 2.33. The van der Waals surface area contributed by atoms with Crippen LogP contribution in [0.15, 0.2) is 36.7 Å². The lowest BCUT2D eigenvalue weighted by molar-refractivity contribution is 0.624. The second-order valence-corrected chi connectivity index (χ2v) is 6.72. The molecule has 0 bridgehead atoms. The van der Waals surface area contributed by atoms with Gasteiger partial charge in [-0.05, 0) is 44.2 Å². The highest BCUT2D eigenvalue weighted by Crippen LogP contribution is 2.27. The molecule has 0 radical (unpaired) electrons. The lowest BCUT2D eigenvalue weighted by atomic mass is 10.2. The van der Waals surface area contributed by atoms with Crippen molar-refractivity contribution in [2.24, 2.45) is 0 Å². The van der Waals surface area contributed by atoms with Gasteiger partial charge in [0.2, 0.25) is 0 Å². The van der Waals surface area contributed by atoms with E-state index in [0.717, 1.165) is 49.1 Å². The summed E-state index contributed by atoms with van der Waals surface area (Å²) in [6.45, 7) is 7.08. The Morgan fingerprint density at radius 1 is 0.926 bits per heavy atom. The summed E-state index contributed by atoms with van der Waals surface area (Å²) >= 11 is 0. The van der Waals surface area contributed by atoms with E-state index >= 15 is 0 Å². The Morgan fingerprint density at radius 3 is 2.19 bits per heavy atom. The van der Waals surface area contributed by atoms with Gasteiger partial charge >= 0.3 is 0 Å². The number of piperazine rings is 1. The first-order valence-electron chi connectivity index (χ1n) is 8.92. The van der Waals surface area contributed by atoms with Crippen LogP contribution in [0.1, 0.15) is 11.4 Å². The third kappa shape index (κ3) is 3.30. The molecule has 3 aromatic rings. The highest BCUT2D eigenvalue weighted by Gasteiger charge is 2.22. The van der Waals surface area contributed by atoms with Crippen molar-refractivity contribution in [3.63, 3.8) is 0 Å². The molecule has 27 heavy (non-hydrogen) atoms. The molecule has 0 saturated carbocycles. The van der Waals surface area contributed by atoms with E-state index in [-0.39, 0.29) is 5.82 Å². The van der Waals surface area contributed by atoms with E-state index in [2.05, 4.69) is 24.9 Å². The number of halogens is 1. The Kier molecular flexibility index (Phi) is 4.39. The van der Waals surface area contributed by atoms with Crippen molar-refractivity contribution in [1.29, 1.82) is 0 Å². The fraction of sp³-hybridized carbons (Fsp3) is 0.316. The van der Waals surface area contributed by atoms with Crippen molar-refractivity contribution in [2.75, 3.05) is 41.7 Å². The molecule has 1 aromatic carbocycles. The van der Waals surface area contributed by atoms with Crippen LogP contribution in [0, 0.1) is 19.7 Å². The Labute approximate surface area is 157 Å². The fourth-order valence-corrected chi connectivity index (χ4v) is 3.47. The van der Waals surface area contributed by atoms with Gasteiger partial charge in [0.15, 0.2) is 11.6 Å².